The minimum absolute atomic E-state index is 0.0831. The van der Waals surface area contributed by atoms with Crippen LogP contribution in [-0.4, -0.2) is 44.3 Å². The monoisotopic (exact) mass is 611 g/mol. The van der Waals surface area contributed by atoms with Gasteiger partial charge in [-0.1, -0.05) is 98.3 Å². The van der Waals surface area contributed by atoms with Crippen LogP contribution in [0, 0.1) is 13.8 Å². The summed E-state index contributed by atoms with van der Waals surface area (Å²) in [5.41, 5.74) is 3.88. The fourth-order valence-electron chi connectivity index (χ4n) is 5.18. The van der Waals surface area contributed by atoms with E-state index in [4.69, 9.17) is 0 Å². The molecule has 7 nitrogen and oxygen atoms in total. The molecule has 1 N–H and O–H groups in total. The number of aryl methyl sites for hydroxylation is 2. The van der Waals surface area contributed by atoms with Gasteiger partial charge in [-0.05, 0) is 66.8 Å². The molecule has 0 saturated carbocycles. The highest BCUT2D eigenvalue weighted by Gasteiger charge is 2.34. The van der Waals surface area contributed by atoms with Crippen LogP contribution in [0.1, 0.15) is 42.0 Å². The lowest BCUT2D eigenvalue weighted by molar-refractivity contribution is -0.140. The van der Waals surface area contributed by atoms with E-state index in [1.54, 1.807) is 30.3 Å². The molecule has 0 heterocycles. The maximum atomic E-state index is 14.5. The van der Waals surface area contributed by atoms with Gasteiger partial charge in [-0.15, -0.1) is 0 Å². The lowest BCUT2D eigenvalue weighted by atomic mass is 10.0. The first-order valence-electron chi connectivity index (χ1n) is 15.0. The van der Waals surface area contributed by atoms with Crippen LogP contribution in [0.25, 0.3) is 0 Å². The molecule has 0 fully saturated rings. The number of rotatable bonds is 14. The first-order valence-corrected chi connectivity index (χ1v) is 16.4. The predicted octanol–water partition coefficient (Wildman–Crippen LogP) is 6.06. The minimum atomic E-state index is -4.13. The Kier molecular flexibility index (Phi) is 11.3. The van der Waals surface area contributed by atoms with E-state index in [9.17, 15) is 18.0 Å². The average Bonchev–Trinajstić information content (AvgIpc) is 3.02. The SMILES string of the molecule is CCCCNC(=O)[C@H](Cc1ccccc1)N(Cc1ccccc1)C(=O)CN(c1cc(C)cc(C)c1)S(=O)(=O)c1ccccc1. The fourth-order valence-corrected chi connectivity index (χ4v) is 6.60. The zero-order valence-electron chi connectivity index (χ0n) is 25.6. The van der Waals surface area contributed by atoms with E-state index in [0.29, 0.717) is 12.2 Å². The van der Waals surface area contributed by atoms with Crippen molar-refractivity contribution in [2.24, 2.45) is 0 Å². The highest BCUT2D eigenvalue weighted by atomic mass is 32.2. The van der Waals surface area contributed by atoms with E-state index in [1.807, 2.05) is 87.5 Å². The third kappa shape index (κ3) is 8.57. The molecule has 0 unspecified atom stereocenters. The molecule has 0 aliphatic rings. The van der Waals surface area contributed by atoms with E-state index in [2.05, 4.69) is 5.32 Å². The summed E-state index contributed by atoms with van der Waals surface area (Å²) in [5, 5.41) is 3.02. The Morgan fingerprint density at radius 3 is 1.89 bits per heavy atom. The van der Waals surface area contributed by atoms with E-state index in [1.165, 1.54) is 17.0 Å². The predicted molar refractivity (Wildman–Crippen MR) is 176 cm³/mol. The van der Waals surface area contributed by atoms with Crippen molar-refractivity contribution < 1.29 is 18.0 Å². The van der Waals surface area contributed by atoms with E-state index >= 15 is 0 Å². The molecule has 0 bridgehead atoms. The zero-order chi connectivity index (χ0) is 31.5. The number of unbranched alkanes of at least 4 members (excludes halogenated alkanes) is 1. The second-order valence-electron chi connectivity index (χ2n) is 11.0. The first kappa shape index (κ1) is 32.5. The van der Waals surface area contributed by atoms with Crippen LogP contribution in [-0.2, 0) is 32.6 Å². The first-order chi connectivity index (χ1) is 21.2. The number of amides is 2. The van der Waals surface area contributed by atoms with Crippen molar-refractivity contribution in [1.82, 2.24) is 10.2 Å². The van der Waals surface area contributed by atoms with Crippen molar-refractivity contribution in [1.29, 1.82) is 0 Å². The maximum absolute atomic E-state index is 14.5. The second kappa shape index (κ2) is 15.3. The number of carbonyl (C=O) groups excluding carboxylic acids is 2. The number of carbonyl (C=O) groups is 2. The molecule has 0 aliphatic heterocycles. The van der Waals surface area contributed by atoms with Gasteiger partial charge in [0.05, 0.1) is 10.6 Å². The molecule has 4 aromatic rings. The number of sulfonamides is 1. The summed E-state index contributed by atoms with van der Waals surface area (Å²) in [7, 11) is -4.13. The molecular formula is C36H41N3O4S. The summed E-state index contributed by atoms with van der Waals surface area (Å²) in [6.45, 7) is 6.00. The number of nitrogens with one attached hydrogen (secondary N) is 1. The van der Waals surface area contributed by atoms with Crippen molar-refractivity contribution in [2.45, 2.75) is 57.5 Å². The van der Waals surface area contributed by atoms with Crippen molar-refractivity contribution in [2.75, 3.05) is 17.4 Å². The Balaban J connectivity index is 1.79. The molecule has 8 heteroatoms. The van der Waals surface area contributed by atoms with Gasteiger partial charge < -0.3 is 10.2 Å². The van der Waals surface area contributed by atoms with Gasteiger partial charge in [0.25, 0.3) is 10.0 Å². The van der Waals surface area contributed by atoms with Gasteiger partial charge >= 0.3 is 0 Å². The summed E-state index contributed by atoms with van der Waals surface area (Å²) in [6, 6.07) is 31.8. The Bertz CT molecular complexity index is 1610. The molecule has 230 valence electrons. The van der Waals surface area contributed by atoms with Crippen LogP contribution in [0.3, 0.4) is 0 Å². The molecular weight excluding hydrogens is 570 g/mol. The number of anilines is 1. The van der Waals surface area contributed by atoms with Gasteiger partial charge in [0.15, 0.2) is 0 Å². The third-order valence-electron chi connectivity index (χ3n) is 7.40. The summed E-state index contributed by atoms with van der Waals surface area (Å²) < 4.78 is 29.4. The number of hydrogen-bond acceptors (Lipinski definition) is 4. The van der Waals surface area contributed by atoms with E-state index < -0.39 is 28.5 Å². The minimum Gasteiger partial charge on any atom is -0.354 e. The van der Waals surface area contributed by atoms with Crippen molar-refractivity contribution >= 4 is 27.5 Å². The largest absolute Gasteiger partial charge is 0.354 e. The molecule has 4 rings (SSSR count). The molecule has 1 atom stereocenters. The highest BCUT2D eigenvalue weighted by Crippen LogP contribution is 2.27. The summed E-state index contributed by atoms with van der Waals surface area (Å²) in [4.78, 5) is 29.9. The van der Waals surface area contributed by atoms with Crippen LogP contribution in [0.5, 0.6) is 0 Å². The molecule has 0 aromatic heterocycles. The Labute approximate surface area is 261 Å². The quantitative estimate of drug-likeness (QED) is 0.176. The molecule has 44 heavy (non-hydrogen) atoms. The molecule has 0 radical (unpaired) electrons. The number of benzene rings is 4. The lowest BCUT2D eigenvalue weighted by Gasteiger charge is -2.34. The lowest BCUT2D eigenvalue weighted by Crippen LogP contribution is -2.53. The molecule has 0 aliphatic carbocycles. The van der Waals surface area contributed by atoms with Gasteiger partial charge in [0, 0.05) is 19.5 Å². The summed E-state index contributed by atoms with van der Waals surface area (Å²) >= 11 is 0. The van der Waals surface area contributed by atoms with Gasteiger partial charge in [-0.2, -0.15) is 0 Å². The molecule has 2 amide bonds. The maximum Gasteiger partial charge on any atom is 0.264 e. The van der Waals surface area contributed by atoms with Crippen molar-refractivity contribution in [3.63, 3.8) is 0 Å². The van der Waals surface area contributed by atoms with Gasteiger partial charge in [0.2, 0.25) is 11.8 Å². The summed E-state index contributed by atoms with van der Waals surface area (Å²) in [5.74, 6) is -0.741. The standard InChI is InChI=1S/C36H41N3O4S/c1-4-5-21-37-36(41)34(25-30-15-9-6-10-16-30)38(26-31-17-11-7-12-18-31)35(40)27-39(32-23-28(2)22-29(3)24-32)44(42,43)33-19-13-8-14-20-33/h6-20,22-24,34H,4-5,21,25-27H2,1-3H3,(H,37,41)/t34-/m0/s1. The van der Waals surface area contributed by atoms with Crippen molar-refractivity contribution in [3.05, 3.63) is 131 Å². The molecule has 0 saturated heterocycles. The van der Waals surface area contributed by atoms with Crippen LogP contribution >= 0.6 is 0 Å². The zero-order valence-corrected chi connectivity index (χ0v) is 26.5. The highest BCUT2D eigenvalue weighted by molar-refractivity contribution is 7.92. The Morgan fingerprint density at radius 2 is 1.32 bits per heavy atom. The fraction of sp³-hybridized carbons (Fsp3) is 0.278. The topological polar surface area (TPSA) is 86.8 Å². The average molecular weight is 612 g/mol. The molecule has 0 spiro atoms. The van der Waals surface area contributed by atoms with Crippen LogP contribution < -0.4 is 9.62 Å². The Morgan fingerprint density at radius 1 is 0.773 bits per heavy atom. The van der Waals surface area contributed by atoms with E-state index in [0.717, 1.165) is 39.4 Å². The van der Waals surface area contributed by atoms with Crippen molar-refractivity contribution in [3.8, 4) is 0 Å². The Hall–Kier alpha value is -4.43. The van der Waals surface area contributed by atoms with Gasteiger partial charge in [-0.25, -0.2) is 8.42 Å². The van der Waals surface area contributed by atoms with E-state index in [-0.39, 0.29) is 23.8 Å². The van der Waals surface area contributed by atoms with Gasteiger partial charge in [0.1, 0.15) is 12.6 Å². The normalized spacial score (nSPS) is 11.9. The number of nitrogens with zero attached hydrogens (tertiary/aromatic N) is 2. The smallest absolute Gasteiger partial charge is 0.264 e. The van der Waals surface area contributed by atoms with Crippen LogP contribution in [0.2, 0.25) is 0 Å². The second-order valence-corrected chi connectivity index (χ2v) is 12.9. The van der Waals surface area contributed by atoms with Crippen LogP contribution in [0.4, 0.5) is 5.69 Å². The summed E-state index contributed by atoms with van der Waals surface area (Å²) in [6.07, 6.45) is 2.01. The van der Waals surface area contributed by atoms with Crippen LogP contribution in [0.15, 0.2) is 114 Å². The number of hydrogen-bond donors (Lipinski definition) is 1. The third-order valence-corrected chi connectivity index (χ3v) is 9.19. The van der Waals surface area contributed by atoms with Gasteiger partial charge in [-0.3, -0.25) is 13.9 Å². The molecule has 4 aromatic carbocycles.